The van der Waals surface area contributed by atoms with Crippen molar-refractivity contribution in [2.24, 2.45) is 0 Å². The Hall–Kier alpha value is -0.930. The summed E-state index contributed by atoms with van der Waals surface area (Å²) in [6.45, 7) is 1.02. The molecule has 1 aliphatic rings. The van der Waals surface area contributed by atoms with Crippen molar-refractivity contribution in [3.63, 3.8) is 0 Å². The Balaban J connectivity index is 2.28. The first-order chi connectivity index (χ1) is 9.06. The van der Waals surface area contributed by atoms with Crippen LogP contribution >= 0.6 is 22.6 Å². The molecule has 7 heteroatoms. The van der Waals surface area contributed by atoms with Crippen molar-refractivity contribution >= 4 is 34.0 Å². The molecule has 19 heavy (non-hydrogen) atoms. The molecular weight excluding hydrogens is 363 g/mol. The average molecular weight is 378 g/mol. The van der Waals surface area contributed by atoms with E-state index in [-0.39, 0.29) is 12.3 Å². The second-order valence-electron chi connectivity index (χ2n) is 4.59. The molecule has 0 bridgehead atoms. The summed E-state index contributed by atoms with van der Waals surface area (Å²) < 4.78 is 6.08. The van der Waals surface area contributed by atoms with Gasteiger partial charge in [-0.2, -0.15) is 0 Å². The lowest BCUT2D eigenvalue weighted by Gasteiger charge is -2.37. The first kappa shape index (κ1) is 14.5. The fourth-order valence-electron chi connectivity index (χ4n) is 2.13. The second-order valence-corrected chi connectivity index (χ2v) is 5.84. The van der Waals surface area contributed by atoms with Crippen LogP contribution in [0.25, 0.3) is 0 Å². The number of hydrogen-bond acceptors (Lipinski definition) is 5. The highest BCUT2D eigenvalue weighted by atomic mass is 127. The number of nitrogens with zero attached hydrogens (tertiary/aromatic N) is 1. The smallest absolute Gasteiger partial charge is 0.293 e. The Morgan fingerprint density at radius 2 is 2.16 bits per heavy atom. The van der Waals surface area contributed by atoms with Crippen molar-refractivity contribution < 1.29 is 14.8 Å². The molecule has 0 aliphatic carbocycles. The van der Waals surface area contributed by atoms with Gasteiger partial charge < -0.3 is 15.2 Å². The summed E-state index contributed by atoms with van der Waals surface area (Å²) in [7, 11) is 0. The van der Waals surface area contributed by atoms with Gasteiger partial charge in [0.25, 0.3) is 5.69 Å². The average Bonchev–Trinajstić information content (AvgIpc) is 2.42. The number of hydrogen-bond donors (Lipinski definition) is 2. The van der Waals surface area contributed by atoms with Gasteiger partial charge in [-0.15, -0.1) is 0 Å². The van der Waals surface area contributed by atoms with Crippen LogP contribution in [0.2, 0.25) is 0 Å². The van der Waals surface area contributed by atoms with Crippen molar-refractivity contribution in [2.45, 2.75) is 18.4 Å². The Morgan fingerprint density at radius 3 is 2.74 bits per heavy atom. The van der Waals surface area contributed by atoms with Crippen LogP contribution in [0.5, 0.6) is 0 Å². The molecule has 2 rings (SSSR count). The first-order valence-electron chi connectivity index (χ1n) is 5.97. The molecule has 1 saturated heterocycles. The third-order valence-electron chi connectivity index (χ3n) is 3.31. The molecular formula is C12H15IN2O4. The lowest BCUT2D eigenvalue weighted by molar-refractivity contribution is -0.384. The van der Waals surface area contributed by atoms with Gasteiger partial charge >= 0.3 is 0 Å². The molecule has 1 aromatic rings. The standard InChI is InChI=1S/C12H15IN2O4/c13-9-1-2-10(11(7-9)15(17)18)14-12(8-16)3-5-19-6-4-12/h1-2,7,14,16H,3-6,8H2. The molecule has 0 atom stereocenters. The van der Waals surface area contributed by atoms with Crippen molar-refractivity contribution in [3.8, 4) is 0 Å². The molecule has 6 nitrogen and oxygen atoms in total. The van der Waals surface area contributed by atoms with E-state index in [2.05, 4.69) is 5.32 Å². The van der Waals surface area contributed by atoms with Crippen molar-refractivity contribution in [3.05, 3.63) is 31.9 Å². The van der Waals surface area contributed by atoms with E-state index in [1.165, 1.54) is 6.07 Å². The molecule has 0 aromatic heterocycles. The number of nitrogens with one attached hydrogen (secondary N) is 1. The molecule has 0 saturated carbocycles. The topological polar surface area (TPSA) is 84.6 Å². The zero-order valence-corrected chi connectivity index (χ0v) is 12.4. The number of benzene rings is 1. The van der Waals surface area contributed by atoms with Crippen molar-refractivity contribution in [2.75, 3.05) is 25.1 Å². The zero-order chi connectivity index (χ0) is 13.9. The number of anilines is 1. The fraction of sp³-hybridized carbons (Fsp3) is 0.500. The van der Waals surface area contributed by atoms with Crippen molar-refractivity contribution in [1.82, 2.24) is 0 Å². The summed E-state index contributed by atoms with van der Waals surface area (Å²) in [6.07, 6.45) is 1.26. The maximum atomic E-state index is 11.1. The lowest BCUT2D eigenvalue weighted by Crippen LogP contribution is -2.47. The summed E-state index contributed by atoms with van der Waals surface area (Å²) in [5, 5.41) is 23.8. The predicted molar refractivity (Wildman–Crippen MR) is 79.3 cm³/mol. The molecule has 1 aliphatic heterocycles. The zero-order valence-electron chi connectivity index (χ0n) is 10.3. The van der Waals surface area contributed by atoms with Gasteiger partial charge in [0.1, 0.15) is 5.69 Å². The minimum Gasteiger partial charge on any atom is -0.394 e. The number of rotatable bonds is 4. The largest absolute Gasteiger partial charge is 0.394 e. The van der Waals surface area contributed by atoms with Gasteiger partial charge in [-0.25, -0.2) is 0 Å². The Bertz CT molecular complexity index is 475. The molecule has 0 unspecified atom stereocenters. The number of ether oxygens (including phenoxy) is 1. The van der Waals surface area contributed by atoms with E-state index < -0.39 is 10.5 Å². The van der Waals surface area contributed by atoms with E-state index in [1.54, 1.807) is 12.1 Å². The van der Waals surface area contributed by atoms with E-state index in [0.717, 1.165) is 3.57 Å². The number of nitro groups is 1. The van der Waals surface area contributed by atoms with Gasteiger partial charge in [0.2, 0.25) is 0 Å². The van der Waals surface area contributed by atoms with Gasteiger partial charge in [-0.3, -0.25) is 10.1 Å². The van der Waals surface area contributed by atoms with E-state index in [4.69, 9.17) is 4.74 Å². The highest BCUT2D eigenvalue weighted by Crippen LogP contribution is 2.32. The van der Waals surface area contributed by atoms with Crippen LogP contribution in [-0.2, 0) is 4.74 Å². The van der Waals surface area contributed by atoms with Crippen LogP contribution in [-0.4, -0.2) is 35.4 Å². The van der Waals surface area contributed by atoms with Gasteiger partial charge in [-0.05, 0) is 47.6 Å². The minimum absolute atomic E-state index is 0.0335. The number of aliphatic hydroxyl groups is 1. The van der Waals surface area contributed by atoms with Crippen molar-refractivity contribution in [1.29, 1.82) is 0 Å². The number of halogens is 1. The van der Waals surface area contributed by atoms with Crippen LogP contribution < -0.4 is 5.32 Å². The van der Waals surface area contributed by atoms with Gasteiger partial charge in [0.05, 0.1) is 17.1 Å². The van der Waals surface area contributed by atoms with Gasteiger partial charge in [-0.1, -0.05) is 0 Å². The van der Waals surface area contributed by atoms with Gasteiger partial charge in [0, 0.05) is 22.9 Å². The minimum atomic E-state index is -0.532. The summed E-state index contributed by atoms with van der Waals surface area (Å²) in [6, 6.07) is 5.01. The van der Waals surface area contributed by atoms with Crippen LogP contribution in [0.3, 0.4) is 0 Å². The summed E-state index contributed by atoms with van der Waals surface area (Å²) >= 11 is 2.04. The predicted octanol–water partition coefficient (Wildman–Crippen LogP) is 2.15. The molecule has 104 valence electrons. The third kappa shape index (κ3) is 3.34. The summed E-state index contributed by atoms with van der Waals surface area (Å²) in [5.41, 5.74) is -0.0527. The van der Waals surface area contributed by atoms with Crippen LogP contribution in [0, 0.1) is 13.7 Å². The quantitative estimate of drug-likeness (QED) is 0.477. The molecule has 1 heterocycles. The highest BCUT2D eigenvalue weighted by molar-refractivity contribution is 14.1. The Morgan fingerprint density at radius 1 is 1.47 bits per heavy atom. The maximum Gasteiger partial charge on any atom is 0.293 e. The van der Waals surface area contributed by atoms with Gasteiger partial charge in [0.15, 0.2) is 0 Å². The Labute approximate surface area is 124 Å². The molecule has 2 N–H and O–H groups in total. The monoisotopic (exact) mass is 378 g/mol. The molecule has 0 amide bonds. The highest BCUT2D eigenvalue weighted by Gasteiger charge is 2.33. The van der Waals surface area contributed by atoms with Crippen LogP contribution in [0.15, 0.2) is 18.2 Å². The number of nitro benzene ring substituents is 1. The number of aliphatic hydroxyl groups excluding tert-OH is 1. The summed E-state index contributed by atoms with van der Waals surface area (Å²) in [4.78, 5) is 10.7. The molecule has 1 aromatic carbocycles. The van der Waals surface area contributed by atoms with E-state index in [0.29, 0.717) is 31.7 Å². The maximum absolute atomic E-state index is 11.1. The first-order valence-corrected chi connectivity index (χ1v) is 7.05. The summed E-state index contributed by atoms with van der Waals surface area (Å²) in [5.74, 6) is 0. The fourth-order valence-corrected chi connectivity index (χ4v) is 2.61. The lowest BCUT2D eigenvalue weighted by atomic mass is 9.90. The molecule has 0 radical (unpaired) electrons. The van der Waals surface area contributed by atoms with E-state index in [1.807, 2.05) is 22.6 Å². The van der Waals surface area contributed by atoms with E-state index >= 15 is 0 Å². The SMILES string of the molecule is O=[N+]([O-])c1cc(I)ccc1NC1(CO)CCOCC1. The van der Waals surface area contributed by atoms with Crippen LogP contribution in [0.1, 0.15) is 12.8 Å². The second kappa shape index (κ2) is 6.02. The molecule has 1 fully saturated rings. The van der Waals surface area contributed by atoms with E-state index in [9.17, 15) is 15.2 Å². The molecule has 0 spiro atoms. The van der Waals surface area contributed by atoms with Crippen LogP contribution in [0.4, 0.5) is 11.4 Å². The Kier molecular flexibility index (Phi) is 4.58. The third-order valence-corrected chi connectivity index (χ3v) is 3.98. The normalized spacial score (nSPS) is 18.0.